The lowest BCUT2D eigenvalue weighted by Gasteiger charge is -1.98. The largest absolute Gasteiger partial charge is 0.306 e. The highest BCUT2D eigenvalue weighted by atomic mass is 32.3. The van der Waals surface area contributed by atoms with Gasteiger partial charge in [-0.05, 0) is 0 Å². The molecular formula is C7H6FNO4S. The average Bonchev–Trinajstić information content (AvgIpc) is 2.01. The Bertz CT molecular complexity index is 457. The van der Waals surface area contributed by atoms with Crippen LogP contribution in [0.4, 0.5) is 9.57 Å². The summed E-state index contributed by atoms with van der Waals surface area (Å²) in [6, 6.07) is 5.12. The second-order valence-electron chi connectivity index (χ2n) is 2.57. The van der Waals surface area contributed by atoms with Gasteiger partial charge in [-0.3, -0.25) is 10.1 Å². The van der Waals surface area contributed by atoms with Gasteiger partial charge in [-0.2, -0.15) is 8.42 Å². The fourth-order valence-corrected chi connectivity index (χ4v) is 1.61. The summed E-state index contributed by atoms with van der Waals surface area (Å²) in [7, 11) is -4.74. The third-order valence-electron chi connectivity index (χ3n) is 1.52. The molecule has 0 amide bonds. The molecule has 0 fully saturated rings. The molecule has 0 aliphatic carbocycles. The Morgan fingerprint density at radius 1 is 1.36 bits per heavy atom. The molecule has 5 nitrogen and oxygen atoms in total. The zero-order chi connectivity index (χ0) is 10.8. The molecule has 0 bridgehead atoms. The van der Waals surface area contributed by atoms with Gasteiger partial charge in [-0.15, -0.1) is 3.89 Å². The number of nitro benzene ring substituents is 1. The van der Waals surface area contributed by atoms with Gasteiger partial charge in [0.15, 0.2) is 0 Å². The minimum absolute atomic E-state index is 0.153. The molecule has 76 valence electrons. The van der Waals surface area contributed by atoms with Crippen molar-refractivity contribution in [1.82, 2.24) is 0 Å². The molecule has 0 radical (unpaired) electrons. The van der Waals surface area contributed by atoms with Crippen LogP contribution in [0.15, 0.2) is 24.3 Å². The molecule has 0 heterocycles. The predicted molar refractivity (Wildman–Crippen MR) is 46.8 cm³/mol. The monoisotopic (exact) mass is 219 g/mol. The molecule has 0 aliphatic heterocycles. The van der Waals surface area contributed by atoms with Crippen LogP contribution >= 0.6 is 0 Å². The summed E-state index contributed by atoms with van der Waals surface area (Å²) >= 11 is 0. The van der Waals surface area contributed by atoms with Gasteiger partial charge in [-0.25, -0.2) is 0 Å². The van der Waals surface area contributed by atoms with E-state index in [2.05, 4.69) is 0 Å². The summed E-state index contributed by atoms with van der Waals surface area (Å²) in [6.07, 6.45) is 0. The average molecular weight is 219 g/mol. The van der Waals surface area contributed by atoms with Gasteiger partial charge < -0.3 is 0 Å². The van der Waals surface area contributed by atoms with Crippen LogP contribution in [0.5, 0.6) is 0 Å². The first kappa shape index (κ1) is 10.6. The van der Waals surface area contributed by atoms with E-state index in [-0.39, 0.29) is 5.56 Å². The van der Waals surface area contributed by atoms with Crippen LogP contribution in [0.1, 0.15) is 5.56 Å². The second-order valence-corrected chi connectivity index (χ2v) is 3.94. The van der Waals surface area contributed by atoms with Crippen LogP contribution in [-0.4, -0.2) is 13.3 Å². The summed E-state index contributed by atoms with van der Waals surface area (Å²) in [5.41, 5.74) is -0.547. The molecule has 0 aromatic heterocycles. The van der Waals surface area contributed by atoms with E-state index in [0.29, 0.717) is 0 Å². The van der Waals surface area contributed by atoms with Crippen molar-refractivity contribution >= 4 is 15.9 Å². The van der Waals surface area contributed by atoms with E-state index in [4.69, 9.17) is 0 Å². The van der Waals surface area contributed by atoms with Crippen molar-refractivity contribution in [2.45, 2.75) is 5.75 Å². The van der Waals surface area contributed by atoms with Crippen molar-refractivity contribution in [2.75, 3.05) is 0 Å². The van der Waals surface area contributed by atoms with Crippen molar-refractivity contribution < 1.29 is 17.2 Å². The molecule has 7 heteroatoms. The number of rotatable bonds is 3. The van der Waals surface area contributed by atoms with Crippen molar-refractivity contribution in [2.24, 2.45) is 0 Å². The number of halogens is 1. The molecule has 1 aromatic rings. The first-order valence-electron chi connectivity index (χ1n) is 3.55. The van der Waals surface area contributed by atoms with Crippen LogP contribution in [0.3, 0.4) is 0 Å². The molecule has 0 saturated carbocycles. The summed E-state index contributed by atoms with van der Waals surface area (Å²) in [5.74, 6) is -0.968. The van der Waals surface area contributed by atoms with E-state index >= 15 is 0 Å². The van der Waals surface area contributed by atoms with Crippen molar-refractivity contribution in [3.05, 3.63) is 39.9 Å². The molecule has 0 aliphatic rings. The van der Waals surface area contributed by atoms with Crippen LogP contribution in [-0.2, 0) is 16.0 Å². The smallest absolute Gasteiger partial charge is 0.258 e. The van der Waals surface area contributed by atoms with Gasteiger partial charge in [0.05, 0.1) is 4.92 Å². The van der Waals surface area contributed by atoms with E-state index in [1.807, 2.05) is 0 Å². The number of para-hydroxylation sites is 1. The van der Waals surface area contributed by atoms with Gasteiger partial charge in [0, 0.05) is 11.6 Å². The highest BCUT2D eigenvalue weighted by Crippen LogP contribution is 2.20. The number of nitrogens with zero attached hydrogens (tertiary/aromatic N) is 1. The normalized spacial score (nSPS) is 11.2. The van der Waals surface area contributed by atoms with Crippen molar-refractivity contribution in [1.29, 1.82) is 0 Å². The molecule has 0 N–H and O–H groups in total. The van der Waals surface area contributed by atoms with E-state index in [9.17, 15) is 22.4 Å². The van der Waals surface area contributed by atoms with E-state index in [1.165, 1.54) is 18.2 Å². The Morgan fingerprint density at radius 2 is 1.93 bits per heavy atom. The molecule has 14 heavy (non-hydrogen) atoms. The fraction of sp³-hybridized carbons (Fsp3) is 0.143. The maximum absolute atomic E-state index is 12.3. The zero-order valence-electron chi connectivity index (χ0n) is 6.88. The third kappa shape index (κ3) is 2.77. The molecule has 1 rings (SSSR count). The van der Waals surface area contributed by atoms with Crippen LogP contribution in [0.25, 0.3) is 0 Å². The Morgan fingerprint density at radius 3 is 2.43 bits per heavy atom. The minimum atomic E-state index is -4.74. The summed E-state index contributed by atoms with van der Waals surface area (Å²) in [5, 5.41) is 10.4. The quantitative estimate of drug-likeness (QED) is 0.437. The SMILES string of the molecule is O=[N+]([O-])c1ccccc1CS(=O)(=O)F. The summed E-state index contributed by atoms with van der Waals surface area (Å²) in [4.78, 5) is 9.65. The second kappa shape index (κ2) is 3.70. The standard InChI is InChI=1S/C7H6FNO4S/c8-14(12,13)5-6-3-1-2-4-7(6)9(10)11/h1-4H,5H2. The summed E-state index contributed by atoms with van der Waals surface area (Å²) in [6.45, 7) is 0. The minimum Gasteiger partial charge on any atom is -0.258 e. The lowest BCUT2D eigenvalue weighted by Crippen LogP contribution is -2.00. The molecule has 0 unspecified atom stereocenters. The lowest BCUT2D eigenvalue weighted by molar-refractivity contribution is -0.385. The molecule has 0 atom stereocenters. The third-order valence-corrected chi connectivity index (χ3v) is 2.17. The van der Waals surface area contributed by atoms with Gasteiger partial charge in [0.25, 0.3) is 5.69 Å². The van der Waals surface area contributed by atoms with E-state index in [0.717, 1.165) is 6.07 Å². The van der Waals surface area contributed by atoms with Gasteiger partial charge in [0.2, 0.25) is 0 Å². The summed E-state index contributed by atoms with van der Waals surface area (Å²) < 4.78 is 32.8. The number of nitro groups is 1. The lowest BCUT2D eigenvalue weighted by atomic mass is 10.2. The molecule has 0 saturated heterocycles. The van der Waals surface area contributed by atoms with E-state index in [1.54, 1.807) is 0 Å². The van der Waals surface area contributed by atoms with Crippen LogP contribution < -0.4 is 0 Å². The van der Waals surface area contributed by atoms with Crippen molar-refractivity contribution in [3.63, 3.8) is 0 Å². The zero-order valence-corrected chi connectivity index (χ0v) is 7.70. The molecular weight excluding hydrogens is 213 g/mol. The van der Waals surface area contributed by atoms with Gasteiger partial charge >= 0.3 is 10.2 Å². The predicted octanol–water partition coefficient (Wildman–Crippen LogP) is 1.39. The van der Waals surface area contributed by atoms with Crippen LogP contribution in [0, 0.1) is 10.1 Å². The number of benzene rings is 1. The fourth-order valence-electron chi connectivity index (χ4n) is 0.997. The molecule has 1 aromatic carbocycles. The number of hydrogen-bond donors (Lipinski definition) is 0. The Kier molecular flexibility index (Phi) is 2.80. The van der Waals surface area contributed by atoms with E-state index < -0.39 is 26.6 Å². The number of hydrogen-bond acceptors (Lipinski definition) is 4. The van der Waals surface area contributed by atoms with Gasteiger partial charge in [-0.1, -0.05) is 18.2 Å². The highest BCUT2D eigenvalue weighted by molar-refractivity contribution is 7.85. The topological polar surface area (TPSA) is 77.3 Å². The van der Waals surface area contributed by atoms with Gasteiger partial charge in [0.1, 0.15) is 5.75 Å². The maximum Gasteiger partial charge on any atom is 0.306 e. The van der Waals surface area contributed by atoms with Crippen molar-refractivity contribution in [3.8, 4) is 0 Å². The maximum atomic E-state index is 12.3. The Balaban J connectivity index is 3.15. The van der Waals surface area contributed by atoms with Crippen LogP contribution in [0.2, 0.25) is 0 Å². The Hall–Kier alpha value is -1.50. The first-order chi connectivity index (χ1) is 6.40. The Labute approximate surface area is 79.5 Å². The first-order valence-corrected chi connectivity index (χ1v) is 5.10. The highest BCUT2D eigenvalue weighted by Gasteiger charge is 2.18. The molecule has 0 spiro atoms.